The van der Waals surface area contributed by atoms with Crippen molar-refractivity contribution in [1.29, 1.82) is 0 Å². The summed E-state index contributed by atoms with van der Waals surface area (Å²) in [6.45, 7) is 9.01. The predicted octanol–water partition coefficient (Wildman–Crippen LogP) is 7.14. The largest absolute Gasteiger partial charge is 0.335 e. The van der Waals surface area contributed by atoms with Crippen molar-refractivity contribution in [2.24, 2.45) is 0 Å². The zero-order valence-electron chi connectivity index (χ0n) is 17.1. The smallest absolute Gasteiger partial charge is 0.309 e. The Kier molecular flexibility index (Phi) is 8.76. The zero-order chi connectivity index (χ0) is 19.7. The Morgan fingerprint density at radius 2 is 1.44 bits per heavy atom. The molecule has 2 aromatic rings. The molecule has 2 aromatic carbocycles. The Labute approximate surface area is 164 Å². The summed E-state index contributed by atoms with van der Waals surface area (Å²) >= 11 is 0. The van der Waals surface area contributed by atoms with Gasteiger partial charge < -0.3 is 9.05 Å². The number of hydrogen-bond acceptors (Lipinski definition) is 3. The Morgan fingerprint density at radius 1 is 0.852 bits per heavy atom. The minimum Gasteiger partial charge on any atom is -0.309 e. The van der Waals surface area contributed by atoms with Gasteiger partial charge in [-0.05, 0) is 55.2 Å². The topological polar surface area (TPSA) is 35.5 Å². The minimum atomic E-state index is -3.05. The number of rotatable bonds is 11. The van der Waals surface area contributed by atoms with E-state index in [2.05, 4.69) is 68.4 Å². The van der Waals surface area contributed by atoms with Gasteiger partial charge in [0.2, 0.25) is 0 Å². The minimum absolute atomic E-state index is 0.326. The van der Waals surface area contributed by atoms with E-state index in [-0.39, 0.29) is 0 Å². The zero-order valence-corrected chi connectivity index (χ0v) is 18.0. The highest BCUT2D eigenvalue weighted by atomic mass is 31.2. The number of hydrogen-bond donors (Lipinski definition) is 0. The lowest BCUT2D eigenvalue weighted by atomic mass is 9.84. The van der Waals surface area contributed by atoms with Gasteiger partial charge in [-0.1, -0.05) is 68.4 Å². The maximum atomic E-state index is 12.7. The molecule has 2 unspecified atom stereocenters. The molecule has 0 amide bonds. The first-order chi connectivity index (χ1) is 13.0. The van der Waals surface area contributed by atoms with Crippen LogP contribution in [0.3, 0.4) is 0 Å². The van der Waals surface area contributed by atoms with Gasteiger partial charge in [0.15, 0.2) is 0 Å². The molecule has 2 atom stereocenters. The first-order valence-corrected chi connectivity index (χ1v) is 11.8. The van der Waals surface area contributed by atoms with E-state index in [0.717, 1.165) is 18.4 Å². The van der Waals surface area contributed by atoms with Crippen molar-refractivity contribution in [3.8, 4) is 0 Å². The van der Waals surface area contributed by atoms with Gasteiger partial charge in [-0.25, -0.2) is 0 Å². The van der Waals surface area contributed by atoms with Gasteiger partial charge in [0.1, 0.15) is 0 Å². The van der Waals surface area contributed by atoms with E-state index in [1.165, 1.54) is 11.1 Å². The molecular weight excluding hydrogens is 355 g/mol. The lowest BCUT2D eigenvalue weighted by molar-refractivity contribution is 0.219. The molecule has 2 rings (SSSR count). The van der Waals surface area contributed by atoms with E-state index in [4.69, 9.17) is 9.05 Å². The second kappa shape index (κ2) is 10.8. The van der Waals surface area contributed by atoms with Gasteiger partial charge in [-0.15, -0.1) is 0 Å². The molecule has 148 valence electrons. The van der Waals surface area contributed by atoms with E-state index in [1.807, 2.05) is 13.8 Å². The molecule has 0 aromatic heterocycles. The molecule has 0 radical (unpaired) electrons. The monoisotopic (exact) mass is 388 g/mol. The van der Waals surface area contributed by atoms with Gasteiger partial charge >= 0.3 is 7.60 Å². The molecule has 0 N–H and O–H groups in total. The van der Waals surface area contributed by atoms with E-state index >= 15 is 0 Å². The molecule has 27 heavy (non-hydrogen) atoms. The van der Waals surface area contributed by atoms with E-state index in [9.17, 15) is 4.57 Å². The van der Waals surface area contributed by atoms with Gasteiger partial charge in [-0.3, -0.25) is 4.57 Å². The summed E-state index contributed by atoms with van der Waals surface area (Å²) in [7, 11) is -3.05. The van der Waals surface area contributed by atoms with Crippen LogP contribution in [-0.4, -0.2) is 13.2 Å². The van der Waals surface area contributed by atoms with Crippen LogP contribution in [-0.2, 0) is 19.8 Å². The summed E-state index contributed by atoms with van der Waals surface area (Å²) < 4.78 is 23.5. The van der Waals surface area contributed by atoms with E-state index in [1.54, 1.807) is 0 Å². The molecule has 0 saturated carbocycles. The van der Waals surface area contributed by atoms with Crippen molar-refractivity contribution in [3.63, 3.8) is 0 Å². The van der Waals surface area contributed by atoms with Crippen LogP contribution in [0.2, 0.25) is 0 Å². The highest BCUT2D eigenvalue weighted by molar-refractivity contribution is 7.53. The molecule has 0 spiro atoms. The van der Waals surface area contributed by atoms with Gasteiger partial charge in [-0.2, -0.15) is 0 Å². The highest BCUT2D eigenvalue weighted by Gasteiger charge is 2.24. The molecule has 0 aliphatic heterocycles. The van der Waals surface area contributed by atoms with Gasteiger partial charge in [0.25, 0.3) is 0 Å². The molecule has 0 aliphatic rings. The lowest BCUT2D eigenvalue weighted by Gasteiger charge is -2.21. The first kappa shape index (κ1) is 21.9. The van der Waals surface area contributed by atoms with Crippen molar-refractivity contribution in [1.82, 2.24) is 0 Å². The van der Waals surface area contributed by atoms with Crippen LogP contribution in [0.5, 0.6) is 0 Å². The second-order valence-corrected chi connectivity index (χ2v) is 9.05. The van der Waals surface area contributed by atoms with Crippen molar-refractivity contribution >= 4 is 7.60 Å². The average molecular weight is 388 g/mol. The van der Waals surface area contributed by atoms with Crippen LogP contribution < -0.4 is 0 Å². The van der Waals surface area contributed by atoms with Crippen LogP contribution in [0, 0.1) is 0 Å². The first-order valence-electron chi connectivity index (χ1n) is 10.0. The molecule has 0 fully saturated rings. The molecule has 0 aliphatic carbocycles. The fraction of sp³-hybridized carbons (Fsp3) is 0.478. The van der Waals surface area contributed by atoms with Crippen LogP contribution in [0.25, 0.3) is 0 Å². The highest BCUT2D eigenvalue weighted by Crippen LogP contribution is 2.51. The van der Waals surface area contributed by atoms with Crippen LogP contribution in [0.15, 0.2) is 54.6 Å². The van der Waals surface area contributed by atoms with Crippen LogP contribution >= 0.6 is 7.60 Å². The Morgan fingerprint density at radius 3 is 1.96 bits per heavy atom. The lowest BCUT2D eigenvalue weighted by Crippen LogP contribution is -2.04. The molecule has 0 bridgehead atoms. The Bertz CT molecular complexity index is 702. The predicted molar refractivity (Wildman–Crippen MR) is 114 cm³/mol. The summed E-state index contributed by atoms with van der Waals surface area (Å²) in [6.07, 6.45) is 2.55. The van der Waals surface area contributed by atoms with Crippen LogP contribution in [0.1, 0.15) is 69.1 Å². The van der Waals surface area contributed by atoms with E-state index < -0.39 is 7.60 Å². The fourth-order valence-corrected chi connectivity index (χ4v) is 5.23. The van der Waals surface area contributed by atoms with Crippen molar-refractivity contribution in [3.05, 3.63) is 71.3 Å². The Hall–Kier alpha value is -1.41. The second-order valence-electron chi connectivity index (χ2n) is 7.00. The third kappa shape index (κ3) is 6.60. The van der Waals surface area contributed by atoms with Gasteiger partial charge in [0.05, 0.1) is 19.4 Å². The van der Waals surface area contributed by atoms with Crippen LogP contribution in [0.4, 0.5) is 0 Å². The normalized spacial score (nSPS) is 14.1. The van der Waals surface area contributed by atoms with Crippen molar-refractivity contribution in [2.75, 3.05) is 13.2 Å². The number of benzene rings is 2. The standard InChI is InChI=1S/C23H33O3P/c1-5-21(17-19(4)22-11-9-8-10-12-22)23-15-13-20(14-16-23)18-27(24,25-6-2)26-7-3/h8-16,19,21H,5-7,17-18H2,1-4H3. The molecule has 0 heterocycles. The SMILES string of the molecule is CCOP(=O)(Cc1ccc(C(CC)CC(C)c2ccccc2)cc1)OCC. The summed E-state index contributed by atoms with van der Waals surface area (Å²) in [5.74, 6) is 1.03. The fourth-order valence-electron chi connectivity index (χ4n) is 3.52. The average Bonchev–Trinajstić information content (AvgIpc) is 2.67. The maximum absolute atomic E-state index is 12.7. The summed E-state index contributed by atoms with van der Waals surface area (Å²) in [5, 5.41) is 0. The summed E-state index contributed by atoms with van der Waals surface area (Å²) in [4.78, 5) is 0. The summed E-state index contributed by atoms with van der Waals surface area (Å²) in [6, 6.07) is 19.2. The molecule has 3 nitrogen and oxygen atoms in total. The van der Waals surface area contributed by atoms with Crippen molar-refractivity contribution in [2.45, 2.75) is 58.5 Å². The molecule has 0 saturated heterocycles. The Balaban J connectivity index is 2.06. The summed E-state index contributed by atoms with van der Waals surface area (Å²) in [5.41, 5.74) is 3.73. The third-order valence-electron chi connectivity index (χ3n) is 4.98. The van der Waals surface area contributed by atoms with Crippen molar-refractivity contribution < 1.29 is 13.6 Å². The van der Waals surface area contributed by atoms with E-state index in [0.29, 0.717) is 31.2 Å². The molecule has 4 heteroatoms. The quantitative estimate of drug-likeness (QED) is 0.384. The maximum Gasteiger partial charge on any atom is 0.335 e. The molecular formula is C23H33O3P. The third-order valence-corrected chi connectivity index (χ3v) is 7.03. The van der Waals surface area contributed by atoms with Gasteiger partial charge in [0, 0.05) is 0 Å².